The molecule has 6 nitrogen and oxygen atoms in total. The predicted molar refractivity (Wildman–Crippen MR) is 97.1 cm³/mol. The number of rotatable bonds is 6. The number of carbonyl (C=O) groups excluding carboxylic acids is 1. The van der Waals surface area contributed by atoms with Crippen LogP contribution >= 0.6 is 0 Å². The molecule has 6 heteroatoms. The van der Waals surface area contributed by atoms with E-state index in [1.54, 1.807) is 6.92 Å². The highest BCUT2D eigenvalue weighted by Gasteiger charge is 2.21. The van der Waals surface area contributed by atoms with E-state index >= 15 is 0 Å². The van der Waals surface area contributed by atoms with Gasteiger partial charge in [0.05, 0.1) is 37.3 Å². The second-order valence-corrected chi connectivity index (χ2v) is 6.57. The molecule has 0 radical (unpaired) electrons. The van der Waals surface area contributed by atoms with Crippen molar-refractivity contribution in [2.75, 3.05) is 49.7 Å². The average Bonchev–Trinajstić information content (AvgIpc) is 2.68. The molecule has 2 saturated heterocycles. The summed E-state index contributed by atoms with van der Waals surface area (Å²) >= 11 is 0. The van der Waals surface area contributed by atoms with Gasteiger partial charge in [0.2, 0.25) is 0 Å². The Morgan fingerprint density at radius 3 is 2.84 bits per heavy atom. The molecule has 1 aromatic carbocycles. The summed E-state index contributed by atoms with van der Waals surface area (Å²) in [5.74, 6) is -0.128. The van der Waals surface area contributed by atoms with Gasteiger partial charge in [0.15, 0.2) is 0 Å². The zero-order chi connectivity index (χ0) is 17.5. The summed E-state index contributed by atoms with van der Waals surface area (Å²) in [6, 6.07) is 7.88. The molecule has 0 unspecified atom stereocenters. The van der Waals surface area contributed by atoms with E-state index in [2.05, 4.69) is 10.2 Å². The smallest absolute Gasteiger partial charge is 0.253 e. The summed E-state index contributed by atoms with van der Waals surface area (Å²) in [6.07, 6.45) is 2.90. The van der Waals surface area contributed by atoms with Gasteiger partial charge in [-0.25, -0.2) is 0 Å². The lowest BCUT2D eigenvalue weighted by atomic mass is 10.1. The Bertz CT molecular complexity index is 554. The van der Waals surface area contributed by atoms with Gasteiger partial charge in [0.1, 0.15) is 6.10 Å². The minimum Gasteiger partial charge on any atom is -0.378 e. The van der Waals surface area contributed by atoms with Crippen molar-refractivity contribution in [3.63, 3.8) is 0 Å². The van der Waals surface area contributed by atoms with E-state index in [9.17, 15) is 4.79 Å². The third kappa shape index (κ3) is 5.17. The van der Waals surface area contributed by atoms with Crippen LogP contribution in [0.4, 0.5) is 11.4 Å². The second kappa shape index (κ2) is 9.17. The molecule has 0 bridgehead atoms. The van der Waals surface area contributed by atoms with Crippen LogP contribution in [0.25, 0.3) is 0 Å². The van der Waals surface area contributed by atoms with Crippen LogP contribution in [0, 0.1) is 0 Å². The van der Waals surface area contributed by atoms with Crippen LogP contribution in [-0.2, 0) is 19.0 Å². The van der Waals surface area contributed by atoms with Gasteiger partial charge in [0, 0.05) is 19.7 Å². The first-order chi connectivity index (χ1) is 12.2. The molecule has 2 heterocycles. The van der Waals surface area contributed by atoms with Crippen molar-refractivity contribution < 1.29 is 19.0 Å². The van der Waals surface area contributed by atoms with Gasteiger partial charge in [-0.1, -0.05) is 12.1 Å². The highest BCUT2D eigenvalue weighted by atomic mass is 16.5. The van der Waals surface area contributed by atoms with Gasteiger partial charge in [-0.05, 0) is 38.3 Å². The fraction of sp³-hybridized carbons (Fsp3) is 0.632. The summed E-state index contributed by atoms with van der Waals surface area (Å²) in [6.45, 7) is 6.14. The number of nitrogens with one attached hydrogen (secondary N) is 1. The second-order valence-electron chi connectivity index (χ2n) is 6.57. The molecule has 3 rings (SSSR count). The number of nitrogens with zero attached hydrogens (tertiary/aromatic N) is 1. The lowest BCUT2D eigenvalue weighted by Crippen LogP contribution is -2.37. The first kappa shape index (κ1) is 18.2. The number of hydrogen-bond acceptors (Lipinski definition) is 5. The predicted octanol–water partition coefficient (Wildman–Crippen LogP) is 2.44. The van der Waals surface area contributed by atoms with E-state index < -0.39 is 6.10 Å². The summed E-state index contributed by atoms with van der Waals surface area (Å²) in [7, 11) is 0. The average molecular weight is 348 g/mol. The van der Waals surface area contributed by atoms with Crippen molar-refractivity contribution in [1.82, 2.24) is 0 Å². The van der Waals surface area contributed by atoms with Crippen molar-refractivity contribution in [2.45, 2.75) is 38.4 Å². The largest absolute Gasteiger partial charge is 0.378 e. The Labute approximate surface area is 149 Å². The molecule has 1 N–H and O–H groups in total. The van der Waals surface area contributed by atoms with E-state index in [1.807, 2.05) is 24.3 Å². The highest BCUT2D eigenvalue weighted by molar-refractivity contribution is 5.97. The van der Waals surface area contributed by atoms with Gasteiger partial charge in [-0.15, -0.1) is 0 Å². The maximum atomic E-state index is 12.5. The maximum Gasteiger partial charge on any atom is 0.253 e. The van der Waals surface area contributed by atoms with Crippen LogP contribution in [-0.4, -0.2) is 57.6 Å². The Balaban J connectivity index is 1.54. The van der Waals surface area contributed by atoms with E-state index in [-0.39, 0.29) is 12.0 Å². The Hall–Kier alpha value is -1.63. The summed E-state index contributed by atoms with van der Waals surface area (Å²) in [4.78, 5) is 14.7. The highest BCUT2D eigenvalue weighted by Crippen LogP contribution is 2.26. The fourth-order valence-corrected chi connectivity index (χ4v) is 3.16. The molecule has 0 aromatic heterocycles. The molecule has 2 aliphatic rings. The molecule has 0 saturated carbocycles. The van der Waals surface area contributed by atoms with Crippen LogP contribution in [0.2, 0.25) is 0 Å². The molecule has 2 aliphatic heterocycles. The number of para-hydroxylation sites is 2. The van der Waals surface area contributed by atoms with E-state index in [1.165, 1.54) is 6.42 Å². The minimum atomic E-state index is -0.511. The van der Waals surface area contributed by atoms with Gasteiger partial charge >= 0.3 is 0 Å². The quantitative estimate of drug-likeness (QED) is 0.856. The molecule has 0 aliphatic carbocycles. The van der Waals surface area contributed by atoms with Crippen molar-refractivity contribution >= 4 is 17.3 Å². The maximum absolute atomic E-state index is 12.5. The van der Waals surface area contributed by atoms with Crippen molar-refractivity contribution in [2.24, 2.45) is 0 Å². The third-order valence-corrected chi connectivity index (χ3v) is 4.69. The lowest BCUT2D eigenvalue weighted by Gasteiger charge is -2.30. The van der Waals surface area contributed by atoms with Crippen LogP contribution in [0.3, 0.4) is 0 Å². The first-order valence-corrected chi connectivity index (χ1v) is 9.20. The van der Waals surface area contributed by atoms with Gasteiger partial charge in [-0.2, -0.15) is 0 Å². The minimum absolute atomic E-state index is 0.115. The number of amides is 1. The summed E-state index contributed by atoms with van der Waals surface area (Å²) in [5.41, 5.74) is 1.85. The molecule has 25 heavy (non-hydrogen) atoms. The number of benzene rings is 1. The normalized spacial score (nSPS) is 22.4. The molecule has 1 aromatic rings. The summed E-state index contributed by atoms with van der Waals surface area (Å²) in [5, 5.41) is 3.01. The number of carbonyl (C=O) groups is 1. The standard InChI is InChI=1S/C19H28N2O4/c1-15(25-14-16-6-4-5-11-24-16)19(22)20-17-7-2-3-8-18(17)21-9-12-23-13-10-21/h2-3,7-8,15-16H,4-6,9-14H2,1H3,(H,20,22)/t15-,16-/m1/s1. The van der Waals surface area contributed by atoms with E-state index in [0.29, 0.717) is 19.8 Å². The Kier molecular flexibility index (Phi) is 6.67. The SMILES string of the molecule is C[C@@H](OC[C@H]1CCCCO1)C(=O)Nc1ccccc1N1CCOCC1. The fourth-order valence-electron chi connectivity index (χ4n) is 3.16. The summed E-state index contributed by atoms with van der Waals surface area (Å²) < 4.78 is 16.8. The molecule has 1 amide bonds. The number of morpholine rings is 1. The monoisotopic (exact) mass is 348 g/mol. The lowest BCUT2D eigenvalue weighted by molar-refractivity contribution is -0.130. The molecule has 2 atom stereocenters. The van der Waals surface area contributed by atoms with Crippen LogP contribution in [0.15, 0.2) is 24.3 Å². The van der Waals surface area contributed by atoms with Gasteiger partial charge in [0.25, 0.3) is 5.91 Å². The zero-order valence-corrected chi connectivity index (χ0v) is 14.9. The topological polar surface area (TPSA) is 60.0 Å². The number of anilines is 2. The third-order valence-electron chi connectivity index (χ3n) is 4.69. The Morgan fingerprint density at radius 1 is 1.28 bits per heavy atom. The zero-order valence-electron chi connectivity index (χ0n) is 14.9. The molecular weight excluding hydrogens is 320 g/mol. The molecule has 2 fully saturated rings. The Morgan fingerprint density at radius 2 is 2.08 bits per heavy atom. The van der Waals surface area contributed by atoms with Crippen molar-refractivity contribution in [3.8, 4) is 0 Å². The van der Waals surface area contributed by atoms with Crippen LogP contribution in [0.5, 0.6) is 0 Å². The van der Waals surface area contributed by atoms with Crippen molar-refractivity contribution in [1.29, 1.82) is 0 Å². The number of ether oxygens (including phenoxy) is 3. The molecule has 0 spiro atoms. The van der Waals surface area contributed by atoms with E-state index in [4.69, 9.17) is 14.2 Å². The number of hydrogen-bond donors (Lipinski definition) is 1. The first-order valence-electron chi connectivity index (χ1n) is 9.20. The van der Waals surface area contributed by atoms with Gasteiger partial charge < -0.3 is 24.4 Å². The van der Waals surface area contributed by atoms with Gasteiger partial charge in [-0.3, -0.25) is 4.79 Å². The van der Waals surface area contributed by atoms with E-state index in [0.717, 1.165) is 43.9 Å². The molecule has 138 valence electrons. The van der Waals surface area contributed by atoms with Crippen LogP contribution < -0.4 is 10.2 Å². The van der Waals surface area contributed by atoms with Crippen molar-refractivity contribution in [3.05, 3.63) is 24.3 Å². The molecular formula is C19H28N2O4. The van der Waals surface area contributed by atoms with Crippen LogP contribution in [0.1, 0.15) is 26.2 Å².